The Bertz CT molecular complexity index is 1030. The van der Waals surface area contributed by atoms with Crippen LogP contribution in [0.3, 0.4) is 0 Å². The second kappa shape index (κ2) is 9.73. The molecule has 164 valence electrons. The van der Waals surface area contributed by atoms with Crippen LogP contribution in [0.2, 0.25) is 0 Å². The monoisotopic (exact) mass is 426 g/mol. The summed E-state index contributed by atoms with van der Waals surface area (Å²) >= 11 is 0. The van der Waals surface area contributed by atoms with Crippen LogP contribution < -0.4 is 5.32 Å². The minimum atomic E-state index is -0.523. The maximum Gasteiger partial charge on any atom is 0.317 e. The SMILES string of the molecule is CN(CCCc1cc(-c2cccc(F)c2)n[nH]1)C(=O)NCC(C)(C)c1ccccc1F. The van der Waals surface area contributed by atoms with Gasteiger partial charge in [0.15, 0.2) is 0 Å². The molecule has 7 heteroatoms. The van der Waals surface area contributed by atoms with E-state index in [0.29, 0.717) is 30.8 Å². The van der Waals surface area contributed by atoms with Crippen molar-refractivity contribution in [3.63, 3.8) is 0 Å². The summed E-state index contributed by atoms with van der Waals surface area (Å²) in [6, 6.07) is 14.6. The number of hydrogen-bond acceptors (Lipinski definition) is 2. The lowest BCUT2D eigenvalue weighted by molar-refractivity contribution is 0.205. The fraction of sp³-hybridized carbons (Fsp3) is 0.333. The van der Waals surface area contributed by atoms with Gasteiger partial charge in [-0.25, -0.2) is 13.6 Å². The van der Waals surface area contributed by atoms with E-state index in [9.17, 15) is 13.6 Å². The summed E-state index contributed by atoms with van der Waals surface area (Å²) in [5.74, 6) is -0.569. The zero-order chi connectivity index (χ0) is 22.4. The van der Waals surface area contributed by atoms with Gasteiger partial charge < -0.3 is 10.2 Å². The van der Waals surface area contributed by atoms with Gasteiger partial charge in [-0.1, -0.05) is 44.2 Å². The average molecular weight is 427 g/mol. The number of rotatable bonds is 8. The van der Waals surface area contributed by atoms with Gasteiger partial charge >= 0.3 is 6.03 Å². The first-order valence-corrected chi connectivity index (χ1v) is 10.3. The molecule has 2 aromatic carbocycles. The fourth-order valence-corrected chi connectivity index (χ4v) is 3.43. The molecule has 0 saturated heterocycles. The predicted molar refractivity (Wildman–Crippen MR) is 118 cm³/mol. The molecule has 0 fully saturated rings. The number of amides is 2. The summed E-state index contributed by atoms with van der Waals surface area (Å²) in [6.45, 7) is 4.69. The number of H-pyrrole nitrogens is 1. The third-order valence-electron chi connectivity index (χ3n) is 5.32. The van der Waals surface area contributed by atoms with Crippen LogP contribution in [0.5, 0.6) is 0 Å². The highest BCUT2D eigenvalue weighted by Crippen LogP contribution is 2.25. The third-order valence-corrected chi connectivity index (χ3v) is 5.32. The summed E-state index contributed by atoms with van der Waals surface area (Å²) in [6.07, 6.45) is 1.45. The molecule has 0 aliphatic heterocycles. The molecule has 3 aromatic rings. The van der Waals surface area contributed by atoms with E-state index in [1.807, 2.05) is 26.0 Å². The maximum absolute atomic E-state index is 14.1. The molecule has 2 N–H and O–H groups in total. The molecular formula is C24H28F2N4O. The molecule has 0 spiro atoms. The molecule has 0 aliphatic rings. The Labute approximate surface area is 181 Å². The second-order valence-corrected chi connectivity index (χ2v) is 8.34. The summed E-state index contributed by atoms with van der Waals surface area (Å²) in [5.41, 5.74) is 2.39. The molecule has 0 aliphatic carbocycles. The number of halogens is 2. The lowest BCUT2D eigenvalue weighted by atomic mass is 9.84. The predicted octanol–water partition coefficient (Wildman–Crippen LogP) is 4.91. The van der Waals surface area contributed by atoms with Crippen LogP contribution in [0.4, 0.5) is 13.6 Å². The Kier molecular flexibility index (Phi) is 7.05. The van der Waals surface area contributed by atoms with Crippen molar-refractivity contribution in [3.8, 4) is 11.3 Å². The topological polar surface area (TPSA) is 61.0 Å². The average Bonchev–Trinajstić information content (AvgIpc) is 3.21. The van der Waals surface area contributed by atoms with Crippen molar-refractivity contribution in [1.29, 1.82) is 0 Å². The van der Waals surface area contributed by atoms with Gasteiger partial charge in [0.25, 0.3) is 0 Å². The van der Waals surface area contributed by atoms with Crippen LogP contribution in [-0.2, 0) is 11.8 Å². The number of aromatic nitrogens is 2. The van der Waals surface area contributed by atoms with Crippen molar-refractivity contribution in [2.24, 2.45) is 0 Å². The first-order valence-electron chi connectivity index (χ1n) is 10.3. The van der Waals surface area contributed by atoms with E-state index in [1.54, 1.807) is 36.2 Å². The number of nitrogens with zero attached hydrogens (tertiary/aromatic N) is 2. The number of nitrogens with one attached hydrogen (secondary N) is 2. The highest BCUT2D eigenvalue weighted by atomic mass is 19.1. The summed E-state index contributed by atoms with van der Waals surface area (Å²) < 4.78 is 27.5. The normalized spacial score (nSPS) is 11.4. The maximum atomic E-state index is 14.1. The van der Waals surface area contributed by atoms with Gasteiger partial charge in [0.2, 0.25) is 0 Å². The quantitative estimate of drug-likeness (QED) is 0.538. The molecule has 31 heavy (non-hydrogen) atoms. The van der Waals surface area contributed by atoms with Crippen LogP contribution in [-0.4, -0.2) is 41.3 Å². The van der Waals surface area contributed by atoms with E-state index >= 15 is 0 Å². The number of aromatic amines is 1. The molecule has 1 aromatic heterocycles. The van der Waals surface area contributed by atoms with Gasteiger partial charge in [-0.05, 0) is 42.7 Å². The Morgan fingerprint density at radius 2 is 1.90 bits per heavy atom. The number of carbonyl (C=O) groups excluding carboxylic acids is 1. The summed E-state index contributed by atoms with van der Waals surface area (Å²) in [5, 5.41) is 10.1. The lowest BCUT2D eigenvalue weighted by Crippen LogP contribution is -2.43. The molecular weight excluding hydrogens is 398 g/mol. The van der Waals surface area contributed by atoms with Gasteiger partial charge in [-0.3, -0.25) is 5.10 Å². The van der Waals surface area contributed by atoms with Gasteiger partial charge in [-0.2, -0.15) is 5.10 Å². The number of carbonyl (C=O) groups is 1. The van der Waals surface area contributed by atoms with E-state index in [4.69, 9.17) is 0 Å². The van der Waals surface area contributed by atoms with E-state index in [2.05, 4.69) is 15.5 Å². The minimum absolute atomic E-state index is 0.200. The molecule has 0 bridgehead atoms. The highest BCUT2D eigenvalue weighted by Gasteiger charge is 2.25. The number of benzene rings is 2. The zero-order valence-corrected chi connectivity index (χ0v) is 18.1. The molecule has 2 amide bonds. The molecule has 0 unspecified atom stereocenters. The van der Waals surface area contributed by atoms with Gasteiger partial charge in [0.05, 0.1) is 5.69 Å². The first kappa shape index (κ1) is 22.5. The van der Waals surface area contributed by atoms with E-state index in [1.165, 1.54) is 18.2 Å². The number of hydrogen-bond donors (Lipinski definition) is 2. The van der Waals surface area contributed by atoms with Crippen LogP contribution >= 0.6 is 0 Å². The Hall–Kier alpha value is -3.22. The lowest BCUT2D eigenvalue weighted by Gasteiger charge is -2.27. The number of urea groups is 1. The van der Waals surface area contributed by atoms with Gasteiger partial charge in [-0.15, -0.1) is 0 Å². The molecule has 0 atom stereocenters. The van der Waals surface area contributed by atoms with E-state index < -0.39 is 5.41 Å². The molecule has 3 rings (SSSR count). The van der Waals surface area contributed by atoms with Crippen LogP contribution in [0.1, 0.15) is 31.5 Å². The van der Waals surface area contributed by atoms with Crippen molar-refractivity contribution in [2.45, 2.75) is 32.1 Å². The van der Waals surface area contributed by atoms with E-state index in [-0.39, 0.29) is 17.7 Å². The first-order chi connectivity index (χ1) is 14.8. The van der Waals surface area contributed by atoms with Crippen molar-refractivity contribution in [2.75, 3.05) is 20.1 Å². The summed E-state index contributed by atoms with van der Waals surface area (Å²) in [7, 11) is 1.73. The fourth-order valence-electron chi connectivity index (χ4n) is 3.43. The van der Waals surface area contributed by atoms with Crippen molar-refractivity contribution in [3.05, 3.63) is 77.5 Å². The van der Waals surface area contributed by atoms with Crippen molar-refractivity contribution >= 4 is 6.03 Å². The largest absolute Gasteiger partial charge is 0.337 e. The smallest absolute Gasteiger partial charge is 0.317 e. The Balaban J connectivity index is 1.46. The molecule has 5 nitrogen and oxygen atoms in total. The third kappa shape index (κ3) is 5.90. The minimum Gasteiger partial charge on any atom is -0.337 e. The van der Waals surface area contributed by atoms with Crippen molar-refractivity contribution < 1.29 is 13.6 Å². The molecule has 0 radical (unpaired) electrons. The second-order valence-electron chi connectivity index (χ2n) is 8.34. The summed E-state index contributed by atoms with van der Waals surface area (Å²) in [4.78, 5) is 14.0. The van der Waals surface area contributed by atoms with Crippen LogP contribution in [0.25, 0.3) is 11.3 Å². The standard InChI is InChI=1S/C24H28F2N4O/c1-24(2,20-11-4-5-12-21(20)26)16-27-23(31)30(3)13-7-10-19-15-22(29-28-19)17-8-6-9-18(25)14-17/h4-6,8-9,11-12,14-15H,7,10,13,16H2,1-3H3,(H,27,31)(H,28,29). The van der Waals surface area contributed by atoms with Crippen LogP contribution in [0, 0.1) is 11.6 Å². The molecule has 1 heterocycles. The zero-order valence-electron chi connectivity index (χ0n) is 18.1. The van der Waals surface area contributed by atoms with E-state index in [0.717, 1.165) is 17.7 Å². The Morgan fingerprint density at radius 1 is 1.13 bits per heavy atom. The Morgan fingerprint density at radius 3 is 2.65 bits per heavy atom. The molecule has 0 saturated carbocycles. The number of aryl methyl sites for hydroxylation is 1. The highest BCUT2D eigenvalue weighted by molar-refractivity contribution is 5.74. The van der Waals surface area contributed by atoms with Gasteiger partial charge in [0, 0.05) is 36.8 Å². The van der Waals surface area contributed by atoms with Crippen LogP contribution in [0.15, 0.2) is 54.6 Å². The van der Waals surface area contributed by atoms with Gasteiger partial charge in [0.1, 0.15) is 11.6 Å². The van der Waals surface area contributed by atoms with Crippen molar-refractivity contribution in [1.82, 2.24) is 20.4 Å².